The first-order valence-electron chi connectivity index (χ1n) is 7.31. The predicted molar refractivity (Wildman–Crippen MR) is 89.4 cm³/mol. The van der Waals surface area contributed by atoms with Crippen LogP contribution in [0, 0.1) is 12.7 Å². The number of hydrogen-bond acceptors (Lipinski definition) is 4. The minimum absolute atomic E-state index is 0.0993. The van der Waals surface area contributed by atoms with Gasteiger partial charge in [0.05, 0.1) is 22.5 Å². The molecule has 0 spiro atoms. The number of carbonyl (C=O) groups is 1. The number of aryl methyl sites for hydroxylation is 1. The van der Waals surface area contributed by atoms with Crippen LogP contribution < -0.4 is 5.32 Å². The topological polar surface area (TPSA) is 54.9 Å². The highest BCUT2D eigenvalue weighted by molar-refractivity contribution is 7.14. The molecule has 0 fully saturated rings. The average molecular weight is 381 g/mol. The van der Waals surface area contributed by atoms with Gasteiger partial charge in [0.25, 0.3) is 5.91 Å². The fraction of sp³-hybridized carbons (Fsp3) is 0.118. The monoisotopic (exact) mass is 381 g/mol. The third kappa shape index (κ3) is 3.88. The van der Waals surface area contributed by atoms with Gasteiger partial charge in [0, 0.05) is 16.6 Å². The largest absolute Gasteiger partial charge is 0.435 e. The molecule has 0 aliphatic carbocycles. The number of thiophene rings is 1. The summed E-state index contributed by atoms with van der Waals surface area (Å²) in [7, 11) is 0. The fourth-order valence-electron chi connectivity index (χ4n) is 2.23. The fourth-order valence-corrected chi connectivity index (χ4v) is 2.99. The van der Waals surface area contributed by atoms with Gasteiger partial charge in [-0.25, -0.2) is 9.37 Å². The van der Waals surface area contributed by atoms with Gasteiger partial charge in [0.2, 0.25) is 0 Å². The summed E-state index contributed by atoms with van der Waals surface area (Å²) < 4.78 is 53.4. The summed E-state index contributed by atoms with van der Waals surface area (Å²) >= 11 is 1.17. The third-order valence-corrected chi connectivity index (χ3v) is 4.38. The molecule has 0 atom stereocenters. The van der Waals surface area contributed by atoms with E-state index < -0.39 is 29.3 Å². The van der Waals surface area contributed by atoms with Crippen molar-refractivity contribution in [2.75, 3.05) is 5.32 Å². The molecule has 0 aliphatic rings. The number of amides is 1. The normalized spacial score (nSPS) is 11.4. The second-order valence-electron chi connectivity index (χ2n) is 5.35. The van der Waals surface area contributed by atoms with Crippen molar-refractivity contribution in [3.8, 4) is 11.3 Å². The lowest BCUT2D eigenvalue weighted by atomic mass is 10.1. The average Bonchev–Trinajstić information content (AvgIpc) is 3.01. The maximum atomic E-state index is 13.4. The Balaban J connectivity index is 1.99. The van der Waals surface area contributed by atoms with E-state index in [4.69, 9.17) is 0 Å². The zero-order valence-corrected chi connectivity index (χ0v) is 14.1. The number of nitrogens with one attached hydrogen (secondary N) is 1. The van der Waals surface area contributed by atoms with Crippen LogP contribution in [0.1, 0.15) is 20.2 Å². The van der Waals surface area contributed by atoms with Crippen molar-refractivity contribution in [3.05, 3.63) is 64.0 Å². The summed E-state index contributed by atoms with van der Waals surface area (Å²) in [5.74, 6) is -1.35. The van der Waals surface area contributed by atoms with Crippen LogP contribution in [0.4, 0.5) is 23.2 Å². The van der Waals surface area contributed by atoms with Crippen molar-refractivity contribution in [1.29, 1.82) is 0 Å². The highest BCUT2D eigenvalue weighted by Crippen LogP contribution is 2.35. The van der Waals surface area contributed by atoms with Gasteiger partial charge in [-0.2, -0.15) is 13.2 Å². The van der Waals surface area contributed by atoms with Crippen molar-refractivity contribution in [1.82, 2.24) is 9.97 Å². The summed E-state index contributed by atoms with van der Waals surface area (Å²) in [4.78, 5) is 20.5. The molecule has 0 aliphatic heterocycles. The molecule has 0 radical (unpaired) electrons. The first-order valence-corrected chi connectivity index (χ1v) is 8.12. The molecule has 3 rings (SSSR count). The van der Waals surface area contributed by atoms with Crippen LogP contribution in [0.5, 0.6) is 0 Å². The quantitative estimate of drug-likeness (QED) is 0.655. The minimum atomic E-state index is -4.80. The van der Waals surface area contributed by atoms with Crippen LogP contribution in [-0.2, 0) is 6.18 Å². The zero-order valence-electron chi connectivity index (χ0n) is 13.3. The molecule has 3 heterocycles. The van der Waals surface area contributed by atoms with Crippen molar-refractivity contribution in [3.63, 3.8) is 0 Å². The summed E-state index contributed by atoms with van der Waals surface area (Å²) in [6, 6.07) is 6.61. The predicted octanol–water partition coefficient (Wildman–Crippen LogP) is 4.92. The molecule has 0 saturated heterocycles. The van der Waals surface area contributed by atoms with Gasteiger partial charge in [0.15, 0.2) is 5.69 Å². The van der Waals surface area contributed by atoms with Gasteiger partial charge in [-0.1, -0.05) is 0 Å². The maximum Gasteiger partial charge on any atom is 0.435 e. The van der Waals surface area contributed by atoms with E-state index in [0.29, 0.717) is 0 Å². The van der Waals surface area contributed by atoms with Gasteiger partial charge < -0.3 is 5.32 Å². The Kier molecular flexibility index (Phi) is 4.73. The molecule has 4 nitrogen and oxygen atoms in total. The number of carbonyl (C=O) groups excluding carboxylic acids is 1. The summed E-state index contributed by atoms with van der Waals surface area (Å²) in [5, 5.41) is 2.24. The number of pyridine rings is 2. The van der Waals surface area contributed by atoms with E-state index in [9.17, 15) is 22.4 Å². The smallest absolute Gasteiger partial charge is 0.319 e. The number of rotatable bonds is 3. The number of nitrogens with zero attached hydrogens (tertiary/aromatic N) is 2. The number of alkyl halides is 3. The van der Waals surface area contributed by atoms with Gasteiger partial charge in [-0.05, 0) is 37.3 Å². The molecule has 0 aromatic carbocycles. The molecule has 134 valence electrons. The van der Waals surface area contributed by atoms with Gasteiger partial charge >= 0.3 is 6.18 Å². The standard InChI is InChI=1S/C17H11F4N3OS/c1-9-2-5-14(26-9)16(25)24-13-4-3-12(23-15(13)17(19,20)21)10-6-11(18)8-22-7-10/h2-8H,1H3,(H,24,25). The SMILES string of the molecule is Cc1ccc(C(=O)Nc2ccc(-c3cncc(F)c3)nc2C(F)(F)F)s1. The summed E-state index contributed by atoms with van der Waals surface area (Å²) in [6.45, 7) is 1.78. The molecule has 0 saturated carbocycles. The molecule has 3 aromatic rings. The van der Waals surface area contributed by atoms with E-state index in [1.165, 1.54) is 29.7 Å². The summed E-state index contributed by atoms with van der Waals surface area (Å²) in [5.41, 5.74) is -1.74. The zero-order chi connectivity index (χ0) is 18.9. The van der Waals surface area contributed by atoms with Crippen LogP contribution in [0.2, 0.25) is 0 Å². The van der Waals surface area contributed by atoms with Crippen LogP contribution in [0.15, 0.2) is 42.7 Å². The second kappa shape index (κ2) is 6.83. The van der Waals surface area contributed by atoms with E-state index in [0.717, 1.165) is 23.2 Å². The molecular weight excluding hydrogens is 370 g/mol. The van der Waals surface area contributed by atoms with E-state index in [-0.39, 0.29) is 16.1 Å². The molecule has 1 N–H and O–H groups in total. The molecule has 3 aromatic heterocycles. The van der Waals surface area contributed by atoms with Crippen molar-refractivity contribution < 1.29 is 22.4 Å². The van der Waals surface area contributed by atoms with Crippen molar-refractivity contribution in [2.45, 2.75) is 13.1 Å². The lowest BCUT2D eigenvalue weighted by molar-refractivity contribution is -0.140. The Labute approximate surface area is 149 Å². The van der Waals surface area contributed by atoms with E-state index in [2.05, 4.69) is 15.3 Å². The molecule has 0 bridgehead atoms. The molecule has 1 amide bonds. The third-order valence-electron chi connectivity index (χ3n) is 3.38. The lowest BCUT2D eigenvalue weighted by Crippen LogP contribution is -2.17. The highest BCUT2D eigenvalue weighted by Gasteiger charge is 2.36. The Morgan fingerprint density at radius 2 is 1.92 bits per heavy atom. The number of aromatic nitrogens is 2. The van der Waals surface area contributed by atoms with Gasteiger partial charge in [0.1, 0.15) is 5.82 Å². The molecule has 9 heteroatoms. The highest BCUT2D eigenvalue weighted by atomic mass is 32.1. The maximum absolute atomic E-state index is 13.4. The summed E-state index contributed by atoms with van der Waals surface area (Å²) in [6.07, 6.45) is -2.66. The van der Waals surface area contributed by atoms with Gasteiger partial charge in [-0.15, -0.1) is 11.3 Å². The Morgan fingerprint density at radius 3 is 2.54 bits per heavy atom. The van der Waals surface area contributed by atoms with Gasteiger partial charge in [-0.3, -0.25) is 9.78 Å². The molecule has 0 unspecified atom stereocenters. The van der Waals surface area contributed by atoms with E-state index >= 15 is 0 Å². The van der Waals surface area contributed by atoms with Crippen LogP contribution in [0.3, 0.4) is 0 Å². The number of halogens is 4. The van der Waals surface area contributed by atoms with Crippen LogP contribution in [-0.4, -0.2) is 15.9 Å². The lowest BCUT2D eigenvalue weighted by Gasteiger charge is -2.14. The molecular formula is C17H11F4N3OS. The number of anilines is 1. The van der Waals surface area contributed by atoms with Crippen molar-refractivity contribution in [2.24, 2.45) is 0 Å². The Hall–Kier alpha value is -2.81. The van der Waals surface area contributed by atoms with Crippen molar-refractivity contribution >= 4 is 22.9 Å². The van der Waals surface area contributed by atoms with Crippen LogP contribution >= 0.6 is 11.3 Å². The van der Waals surface area contributed by atoms with E-state index in [1.54, 1.807) is 13.0 Å². The minimum Gasteiger partial charge on any atom is -0.319 e. The first kappa shape index (κ1) is 18.0. The first-order chi connectivity index (χ1) is 12.2. The molecule has 26 heavy (non-hydrogen) atoms. The second-order valence-corrected chi connectivity index (χ2v) is 6.63. The number of hydrogen-bond donors (Lipinski definition) is 1. The Bertz CT molecular complexity index is 969. The van der Waals surface area contributed by atoms with Crippen LogP contribution in [0.25, 0.3) is 11.3 Å². The Morgan fingerprint density at radius 1 is 1.15 bits per heavy atom. The van der Waals surface area contributed by atoms with E-state index in [1.807, 2.05) is 0 Å².